The predicted molar refractivity (Wildman–Crippen MR) is 88.8 cm³/mol. The van der Waals surface area contributed by atoms with Crippen molar-refractivity contribution in [2.75, 3.05) is 13.2 Å². The number of benzene rings is 1. The molecule has 0 amide bonds. The van der Waals surface area contributed by atoms with Gasteiger partial charge in [0.1, 0.15) is 0 Å². The molecule has 0 aliphatic rings. The van der Waals surface area contributed by atoms with Crippen molar-refractivity contribution in [3.05, 3.63) is 35.9 Å². The molecule has 120 valence electrons. The van der Waals surface area contributed by atoms with Crippen molar-refractivity contribution in [3.63, 3.8) is 0 Å². The second kappa shape index (κ2) is 10.2. The molecule has 1 aromatic rings. The lowest BCUT2D eigenvalue weighted by Gasteiger charge is -2.26. The average Bonchev–Trinajstić information content (AvgIpc) is 2.50. The van der Waals surface area contributed by atoms with E-state index in [1.807, 2.05) is 37.3 Å². The van der Waals surface area contributed by atoms with Gasteiger partial charge in [0.05, 0.1) is 18.9 Å². The van der Waals surface area contributed by atoms with Gasteiger partial charge in [0.2, 0.25) is 0 Å². The number of unbranched alkanes of at least 4 members (excludes halogenated alkanes) is 2. The molecule has 0 saturated carbocycles. The molecular weight excluding hydrogens is 283 g/mol. The van der Waals surface area contributed by atoms with E-state index in [1.54, 1.807) is 0 Å². The quantitative estimate of drug-likeness (QED) is 0.373. The Balaban J connectivity index is 2.88. The smallest absolute Gasteiger partial charge is 0.308 e. The Hall–Kier alpha value is -0.630. The van der Waals surface area contributed by atoms with Crippen LogP contribution in [0.2, 0.25) is 0 Å². The second-order valence-electron chi connectivity index (χ2n) is 5.25. The van der Waals surface area contributed by atoms with Gasteiger partial charge in [0.25, 0.3) is 0 Å². The number of hydrogen-bond acceptors (Lipinski definition) is 3. The molecule has 1 aromatic carbocycles. The third-order valence-electron chi connectivity index (χ3n) is 3.49. The normalized spacial score (nSPS) is 13.3. The van der Waals surface area contributed by atoms with Crippen LogP contribution >= 0.6 is 7.60 Å². The van der Waals surface area contributed by atoms with E-state index in [1.165, 1.54) is 0 Å². The molecule has 0 saturated heterocycles. The van der Waals surface area contributed by atoms with Gasteiger partial charge in [0, 0.05) is 0 Å². The summed E-state index contributed by atoms with van der Waals surface area (Å²) in [6.45, 7) is 7.24. The maximum absolute atomic E-state index is 13.3. The highest BCUT2D eigenvalue weighted by atomic mass is 31.2. The van der Waals surface area contributed by atoms with Gasteiger partial charge in [-0.2, -0.15) is 0 Å². The van der Waals surface area contributed by atoms with Gasteiger partial charge >= 0.3 is 7.60 Å². The summed E-state index contributed by atoms with van der Waals surface area (Å²) in [5.74, 6) is 0. The Labute approximate surface area is 129 Å². The van der Waals surface area contributed by atoms with Crippen LogP contribution in [0.5, 0.6) is 0 Å². The molecule has 0 aliphatic heterocycles. The molecule has 4 heteroatoms. The summed E-state index contributed by atoms with van der Waals surface area (Å²) >= 11 is 0. The van der Waals surface area contributed by atoms with Gasteiger partial charge in [-0.15, -0.1) is 0 Å². The Bertz CT molecular complexity index is 405. The standard InChI is InChI=1S/C17H29O3P/c1-4-7-14-19-21(18,20-15-8-5-2)17(6-3)16-12-10-9-11-13-16/h9-13,17H,4-8,14-15H2,1-3H3/t17-/m1/s1. The SMILES string of the molecule is CCCCOP(=O)(OCCCC)[C@H](CC)c1ccccc1. The third kappa shape index (κ3) is 5.94. The molecular formula is C17H29O3P. The molecule has 3 nitrogen and oxygen atoms in total. The molecule has 0 heterocycles. The summed E-state index contributed by atoms with van der Waals surface area (Å²) in [5, 5.41) is 0. The monoisotopic (exact) mass is 312 g/mol. The van der Waals surface area contributed by atoms with Crippen LogP contribution in [0, 0.1) is 0 Å². The Morgan fingerprint density at radius 1 is 0.952 bits per heavy atom. The second-order valence-corrected chi connectivity index (χ2v) is 7.47. The fraction of sp³-hybridized carbons (Fsp3) is 0.647. The fourth-order valence-electron chi connectivity index (χ4n) is 2.21. The van der Waals surface area contributed by atoms with E-state index in [-0.39, 0.29) is 5.66 Å². The van der Waals surface area contributed by atoms with E-state index in [4.69, 9.17) is 9.05 Å². The molecule has 0 spiro atoms. The van der Waals surface area contributed by atoms with Crippen molar-refractivity contribution in [1.82, 2.24) is 0 Å². The molecule has 21 heavy (non-hydrogen) atoms. The van der Waals surface area contributed by atoms with Crippen molar-refractivity contribution in [2.45, 2.75) is 58.5 Å². The first kappa shape index (κ1) is 18.4. The molecule has 0 fully saturated rings. The lowest BCUT2D eigenvalue weighted by Crippen LogP contribution is -2.08. The molecule has 0 aromatic heterocycles. The molecule has 1 atom stereocenters. The lowest BCUT2D eigenvalue weighted by atomic mass is 10.1. The predicted octanol–water partition coefficient (Wildman–Crippen LogP) is 5.96. The van der Waals surface area contributed by atoms with Crippen molar-refractivity contribution < 1.29 is 13.6 Å². The number of rotatable bonds is 11. The summed E-state index contributed by atoms with van der Waals surface area (Å²) in [7, 11) is -3.11. The molecule has 0 radical (unpaired) electrons. The topological polar surface area (TPSA) is 35.5 Å². The van der Waals surface area contributed by atoms with Crippen LogP contribution in [-0.4, -0.2) is 13.2 Å². The van der Waals surface area contributed by atoms with Crippen LogP contribution in [-0.2, 0) is 13.6 Å². The zero-order chi connectivity index (χ0) is 15.6. The summed E-state index contributed by atoms with van der Waals surface area (Å²) in [5.41, 5.74) is 0.865. The van der Waals surface area contributed by atoms with E-state index in [0.717, 1.165) is 37.7 Å². The van der Waals surface area contributed by atoms with Crippen LogP contribution in [0.25, 0.3) is 0 Å². The van der Waals surface area contributed by atoms with Crippen LogP contribution in [0.4, 0.5) is 0 Å². The third-order valence-corrected chi connectivity index (χ3v) is 6.00. The highest BCUT2D eigenvalue weighted by molar-refractivity contribution is 7.54. The average molecular weight is 312 g/mol. The maximum Gasteiger partial charge on any atom is 0.338 e. The minimum Gasteiger partial charge on any atom is -0.308 e. The van der Waals surface area contributed by atoms with E-state index >= 15 is 0 Å². The fourth-order valence-corrected chi connectivity index (χ4v) is 4.39. The highest BCUT2D eigenvalue weighted by Crippen LogP contribution is 2.62. The van der Waals surface area contributed by atoms with Gasteiger partial charge in [-0.3, -0.25) is 4.57 Å². The van der Waals surface area contributed by atoms with Crippen molar-refractivity contribution >= 4 is 7.60 Å². The van der Waals surface area contributed by atoms with Gasteiger partial charge < -0.3 is 9.05 Å². The van der Waals surface area contributed by atoms with E-state index in [0.29, 0.717) is 13.2 Å². The summed E-state index contributed by atoms with van der Waals surface area (Å²) in [6.07, 6.45) is 4.62. The first-order chi connectivity index (χ1) is 10.2. The van der Waals surface area contributed by atoms with Gasteiger partial charge in [-0.05, 0) is 24.8 Å². The van der Waals surface area contributed by atoms with Crippen molar-refractivity contribution in [2.24, 2.45) is 0 Å². The van der Waals surface area contributed by atoms with Crippen LogP contribution in [0.1, 0.15) is 64.1 Å². The van der Waals surface area contributed by atoms with E-state index < -0.39 is 7.60 Å². The number of hydrogen-bond donors (Lipinski definition) is 0. The Morgan fingerprint density at radius 2 is 1.48 bits per heavy atom. The van der Waals surface area contributed by atoms with Crippen molar-refractivity contribution in [3.8, 4) is 0 Å². The van der Waals surface area contributed by atoms with Crippen molar-refractivity contribution in [1.29, 1.82) is 0 Å². The summed E-state index contributed by atoms with van der Waals surface area (Å²) < 4.78 is 24.8. The first-order valence-corrected chi connectivity index (χ1v) is 9.72. The lowest BCUT2D eigenvalue weighted by molar-refractivity contribution is 0.192. The highest BCUT2D eigenvalue weighted by Gasteiger charge is 2.35. The zero-order valence-corrected chi connectivity index (χ0v) is 14.5. The largest absolute Gasteiger partial charge is 0.338 e. The van der Waals surface area contributed by atoms with Gasteiger partial charge in [0.15, 0.2) is 0 Å². The van der Waals surface area contributed by atoms with Crippen LogP contribution in [0.15, 0.2) is 30.3 Å². The molecule has 0 bridgehead atoms. The van der Waals surface area contributed by atoms with E-state index in [2.05, 4.69) is 13.8 Å². The first-order valence-electron chi connectivity index (χ1n) is 8.11. The van der Waals surface area contributed by atoms with E-state index in [9.17, 15) is 4.57 Å². The minimum atomic E-state index is -3.11. The minimum absolute atomic E-state index is 0.174. The van der Waals surface area contributed by atoms with Gasteiger partial charge in [-0.1, -0.05) is 63.9 Å². The Kier molecular flexibility index (Phi) is 8.91. The molecule has 0 unspecified atom stereocenters. The van der Waals surface area contributed by atoms with Gasteiger partial charge in [-0.25, -0.2) is 0 Å². The summed E-state index contributed by atoms with van der Waals surface area (Å²) in [6, 6.07) is 9.93. The Morgan fingerprint density at radius 3 is 1.90 bits per heavy atom. The summed E-state index contributed by atoms with van der Waals surface area (Å²) in [4.78, 5) is 0. The van der Waals surface area contributed by atoms with Crippen LogP contribution < -0.4 is 0 Å². The molecule has 1 rings (SSSR count). The molecule has 0 aliphatic carbocycles. The zero-order valence-electron chi connectivity index (χ0n) is 13.6. The van der Waals surface area contributed by atoms with Crippen LogP contribution in [0.3, 0.4) is 0 Å². The molecule has 0 N–H and O–H groups in total. The maximum atomic E-state index is 13.3.